The van der Waals surface area contributed by atoms with Gasteiger partial charge in [0.15, 0.2) is 9.84 Å². The molecule has 0 amide bonds. The Labute approximate surface area is 200 Å². The van der Waals surface area contributed by atoms with E-state index in [0.29, 0.717) is 24.4 Å². The third-order valence-corrected chi connectivity index (χ3v) is 8.26. The van der Waals surface area contributed by atoms with Crippen molar-refractivity contribution in [2.75, 3.05) is 17.2 Å². The highest BCUT2D eigenvalue weighted by Gasteiger charge is 2.29. The van der Waals surface area contributed by atoms with Gasteiger partial charge in [0.05, 0.1) is 10.6 Å². The molecule has 0 N–H and O–H groups in total. The van der Waals surface area contributed by atoms with E-state index in [2.05, 4.69) is 35.2 Å². The van der Waals surface area contributed by atoms with Crippen molar-refractivity contribution in [3.05, 3.63) is 120 Å². The summed E-state index contributed by atoms with van der Waals surface area (Å²) < 4.78 is 39.7. The van der Waals surface area contributed by atoms with E-state index in [1.165, 1.54) is 17.7 Å². The minimum Gasteiger partial charge on any atom is -0.367 e. The first kappa shape index (κ1) is 22.4. The van der Waals surface area contributed by atoms with Crippen LogP contribution in [0.5, 0.6) is 0 Å². The van der Waals surface area contributed by atoms with E-state index in [9.17, 15) is 12.8 Å². The molecular weight excluding hydrogens is 445 g/mol. The third-order valence-electron chi connectivity index (χ3n) is 6.36. The van der Waals surface area contributed by atoms with E-state index >= 15 is 0 Å². The number of benzene rings is 4. The van der Waals surface area contributed by atoms with Gasteiger partial charge in [-0.25, -0.2) is 12.8 Å². The van der Waals surface area contributed by atoms with Crippen LogP contribution in [0.1, 0.15) is 11.1 Å². The van der Waals surface area contributed by atoms with Crippen molar-refractivity contribution in [3.8, 4) is 11.1 Å². The molecule has 0 spiro atoms. The van der Waals surface area contributed by atoms with Crippen LogP contribution in [0.3, 0.4) is 0 Å². The molecule has 0 saturated heterocycles. The van der Waals surface area contributed by atoms with Crippen molar-refractivity contribution in [2.24, 2.45) is 5.92 Å². The van der Waals surface area contributed by atoms with Crippen LogP contribution in [0, 0.1) is 11.7 Å². The van der Waals surface area contributed by atoms with E-state index in [0.717, 1.165) is 22.4 Å². The fourth-order valence-electron chi connectivity index (χ4n) is 4.76. The average molecular weight is 472 g/mol. The number of nitrogens with zero attached hydrogens (tertiary/aromatic N) is 1. The van der Waals surface area contributed by atoms with Gasteiger partial charge in [0.2, 0.25) is 0 Å². The summed E-state index contributed by atoms with van der Waals surface area (Å²) in [6.07, 6.45) is 0.682. The van der Waals surface area contributed by atoms with Crippen LogP contribution in [0.2, 0.25) is 0 Å². The van der Waals surface area contributed by atoms with E-state index in [-0.39, 0.29) is 17.5 Å². The van der Waals surface area contributed by atoms with Crippen molar-refractivity contribution < 1.29 is 12.8 Å². The Kier molecular flexibility index (Phi) is 6.20. The summed E-state index contributed by atoms with van der Waals surface area (Å²) >= 11 is 0. The van der Waals surface area contributed by atoms with Crippen LogP contribution in [-0.2, 0) is 22.8 Å². The van der Waals surface area contributed by atoms with Gasteiger partial charge in [-0.15, -0.1) is 0 Å². The van der Waals surface area contributed by atoms with Crippen LogP contribution < -0.4 is 4.90 Å². The maximum atomic E-state index is 13.4. The number of sulfone groups is 1. The van der Waals surface area contributed by atoms with Gasteiger partial charge in [0.25, 0.3) is 0 Å². The molecule has 0 aliphatic carbocycles. The van der Waals surface area contributed by atoms with Crippen molar-refractivity contribution in [1.29, 1.82) is 0 Å². The van der Waals surface area contributed by atoms with Crippen molar-refractivity contribution in [1.82, 2.24) is 0 Å². The second-order valence-corrected chi connectivity index (χ2v) is 10.9. The smallest absolute Gasteiger partial charge is 0.178 e. The zero-order valence-electron chi connectivity index (χ0n) is 18.8. The summed E-state index contributed by atoms with van der Waals surface area (Å²) in [6.45, 7) is 1.38. The molecule has 0 bridgehead atoms. The normalized spacial score (nSPS) is 15.7. The van der Waals surface area contributed by atoms with Gasteiger partial charge in [0, 0.05) is 18.8 Å². The first-order chi connectivity index (χ1) is 16.5. The molecule has 4 aromatic rings. The summed E-state index contributed by atoms with van der Waals surface area (Å²) in [6, 6.07) is 31.7. The van der Waals surface area contributed by atoms with E-state index in [1.807, 2.05) is 24.3 Å². The van der Waals surface area contributed by atoms with E-state index < -0.39 is 9.84 Å². The molecule has 0 fully saturated rings. The maximum absolute atomic E-state index is 13.4. The van der Waals surface area contributed by atoms with Crippen LogP contribution in [-0.4, -0.2) is 20.7 Å². The molecule has 0 radical (unpaired) electrons. The Morgan fingerprint density at radius 1 is 0.794 bits per heavy atom. The number of fused-ring (bicyclic) bond motifs is 1. The predicted molar refractivity (Wildman–Crippen MR) is 135 cm³/mol. The van der Waals surface area contributed by atoms with Crippen molar-refractivity contribution in [3.63, 3.8) is 0 Å². The number of halogens is 1. The summed E-state index contributed by atoms with van der Waals surface area (Å²) in [7, 11) is -3.39. The molecule has 172 valence electrons. The first-order valence-corrected chi connectivity index (χ1v) is 13.1. The van der Waals surface area contributed by atoms with Crippen molar-refractivity contribution in [2.45, 2.75) is 17.9 Å². The highest BCUT2D eigenvalue weighted by molar-refractivity contribution is 7.91. The Balaban J connectivity index is 1.48. The molecule has 5 heteroatoms. The zero-order chi connectivity index (χ0) is 23.5. The standard InChI is InChI=1S/C29H26FNO2S/c30-27-14-11-24(12-15-27)25-13-16-29-26(18-25)17-23(20-31(29)19-22-7-3-1-4-8-22)21-34(32,33)28-9-5-2-6-10-28/h1-16,18,23H,17,19-21H2/t23-/m0/s1. The van der Waals surface area contributed by atoms with Gasteiger partial charge in [0.1, 0.15) is 5.82 Å². The van der Waals surface area contributed by atoms with Gasteiger partial charge in [-0.05, 0) is 71.0 Å². The quantitative estimate of drug-likeness (QED) is 0.339. The Morgan fingerprint density at radius 2 is 1.44 bits per heavy atom. The maximum Gasteiger partial charge on any atom is 0.178 e. The molecule has 1 heterocycles. The van der Waals surface area contributed by atoms with Crippen LogP contribution in [0.15, 0.2) is 108 Å². The average Bonchev–Trinajstić information content (AvgIpc) is 2.85. The molecule has 1 atom stereocenters. The molecule has 1 aliphatic rings. The van der Waals surface area contributed by atoms with E-state index in [4.69, 9.17) is 0 Å². The molecular formula is C29H26FNO2S. The zero-order valence-corrected chi connectivity index (χ0v) is 19.6. The van der Waals surface area contributed by atoms with Gasteiger partial charge in [-0.3, -0.25) is 0 Å². The molecule has 3 nitrogen and oxygen atoms in total. The third kappa shape index (κ3) is 4.90. The highest BCUT2D eigenvalue weighted by Crippen LogP contribution is 2.35. The van der Waals surface area contributed by atoms with Gasteiger partial charge in [-0.2, -0.15) is 0 Å². The van der Waals surface area contributed by atoms with Gasteiger partial charge in [-0.1, -0.05) is 66.7 Å². The second kappa shape index (κ2) is 9.43. The SMILES string of the molecule is O=S(=O)(C[C@H]1Cc2cc(-c3ccc(F)cc3)ccc2N(Cc2ccccc2)C1)c1ccccc1. The summed E-state index contributed by atoms with van der Waals surface area (Å²) in [5.41, 5.74) is 5.38. The number of hydrogen-bond donors (Lipinski definition) is 0. The lowest BCUT2D eigenvalue weighted by Gasteiger charge is -2.36. The monoisotopic (exact) mass is 471 g/mol. The lowest BCUT2D eigenvalue weighted by atomic mass is 9.90. The lowest BCUT2D eigenvalue weighted by molar-refractivity contribution is 0.516. The molecule has 34 heavy (non-hydrogen) atoms. The number of hydrogen-bond acceptors (Lipinski definition) is 3. The van der Waals surface area contributed by atoms with Gasteiger partial charge >= 0.3 is 0 Å². The predicted octanol–water partition coefficient (Wildman–Crippen LogP) is 6.15. The van der Waals surface area contributed by atoms with Crippen LogP contribution in [0.25, 0.3) is 11.1 Å². The van der Waals surface area contributed by atoms with Crippen molar-refractivity contribution >= 4 is 15.5 Å². The highest BCUT2D eigenvalue weighted by atomic mass is 32.2. The minimum absolute atomic E-state index is 0.0371. The summed E-state index contributed by atoms with van der Waals surface area (Å²) in [5.74, 6) is -0.200. The largest absolute Gasteiger partial charge is 0.367 e. The topological polar surface area (TPSA) is 37.4 Å². The number of anilines is 1. The Morgan fingerprint density at radius 3 is 2.15 bits per heavy atom. The fourth-order valence-corrected chi connectivity index (χ4v) is 6.37. The fraction of sp³-hybridized carbons (Fsp3) is 0.172. The number of rotatable bonds is 6. The molecule has 0 unspecified atom stereocenters. The van der Waals surface area contributed by atoms with Crippen LogP contribution in [0.4, 0.5) is 10.1 Å². The molecule has 0 saturated carbocycles. The first-order valence-electron chi connectivity index (χ1n) is 11.4. The Bertz CT molecular complexity index is 1370. The Hall–Kier alpha value is -3.44. The molecule has 0 aromatic heterocycles. The molecule has 1 aliphatic heterocycles. The van der Waals surface area contributed by atoms with E-state index in [1.54, 1.807) is 36.4 Å². The molecule has 4 aromatic carbocycles. The minimum atomic E-state index is -3.39. The van der Waals surface area contributed by atoms with Gasteiger partial charge < -0.3 is 4.90 Å². The second-order valence-electron chi connectivity index (χ2n) is 8.88. The summed E-state index contributed by atoms with van der Waals surface area (Å²) in [4.78, 5) is 2.66. The summed E-state index contributed by atoms with van der Waals surface area (Å²) in [5, 5.41) is 0. The molecule has 5 rings (SSSR count). The lowest BCUT2D eigenvalue weighted by Crippen LogP contribution is -2.38. The van der Waals surface area contributed by atoms with Crippen LogP contribution >= 0.6 is 0 Å².